The normalized spacial score (nSPS) is 30.5. The van der Waals surface area contributed by atoms with Crippen LogP contribution in [0.15, 0.2) is 12.2 Å². The summed E-state index contributed by atoms with van der Waals surface area (Å²) in [6.07, 6.45) is 0.676. The summed E-state index contributed by atoms with van der Waals surface area (Å²) in [4.78, 5) is 0. The van der Waals surface area contributed by atoms with Gasteiger partial charge in [0.2, 0.25) is 5.92 Å². The third kappa shape index (κ3) is 1.55. The third-order valence-electron chi connectivity index (χ3n) is 2.10. The van der Waals surface area contributed by atoms with Gasteiger partial charge in [0.15, 0.2) is 0 Å². The van der Waals surface area contributed by atoms with Gasteiger partial charge in [0.1, 0.15) is 0 Å². The molecule has 0 nitrogen and oxygen atoms in total. The molecule has 0 radical (unpaired) electrons. The first-order valence-corrected chi connectivity index (χ1v) is 3.54. The number of hydrogen-bond donors (Lipinski definition) is 0. The Morgan fingerprint density at radius 1 is 1.60 bits per heavy atom. The Morgan fingerprint density at radius 2 is 2.20 bits per heavy atom. The van der Waals surface area contributed by atoms with E-state index in [-0.39, 0.29) is 18.8 Å². The maximum Gasteiger partial charge on any atom is 0.248 e. The van der Waals surface area contributed by atoms with Gasteiger partial charge in [-0.2, -0.15) is 0 Å². The molecule has 1 aliphatic rings. The van der Waals surface area contributed by atoms with E-state index in [2.05, 4.69) is 6.58 Å². The van der Waals surface area contributed by atoms with Gasteiger partial charge in [-0.3, -0.25) is 0 Å². The summed E-state index contributed by atoms with van der Waals surface area (Å²) in [5.74, 6) is -2.35. The minimum absolute atomic E-state index is 0.0162. The molecule has 0 saturated heterocycles. The van der Waals surface area contributed by atoms with E-state index in [4.69, 9.17) is 0 Å². The van der Waals surface area contributed by atoms with Crippen molar-refractivity contribution in [1.82, 2.24) is 0 Å². The van der Waals surface area contributed by atoms with Crippen LogP contribution in [0.2, 0.25) is 0 Å². The highest BCUT2D eigenvalue weighted by atomic mass is 19.3. The molecule has 1 atom stereocenters. The van der Waals surface area contributed by atoms with Crippen LogP contribution in [0, 0.1) is 5.92 Å². The molecule has 0 bridgehead atoms. The van der Waals surface area contributed by atoms with E-state index in [0.29, 0.717) is 6.42 Å². The molecule has 10 heavy (non-hydrogen) atoms. The van der Waals surface area contributed by atoms with Gasteiger partial charge in [-0.25, -0.2) is 8.78 Å². The zero-order valence-electron chi connectivity index (χ0n) is 6.16. The van der Waals surface area contributed by atoms with E-state index in [1.54, 1.807) is 0 Å². The summed E-state index contributed by atoms with van der Waals surface area (Å²) < 4.78 is 25.0. The highest BCUT2D eigenvalue weighted by molar-refractivity contribution is 5.01. The van der Waals surface area contributed by atoms with E-state index < -0.39 is 5.92 Å². The van der Waals surface area contributed by atoms with Crippen molar-refractivity contribution in [3.63, 3.8) is 0 Å². The molecule has 0 aromatic carbocycles. The topological polar surface area (TPSA) is 0 Å². The number of rotatable bonds is 1. The Morgan fingerprint density at radius 3 is 2.40 bits per heavy atom. The summed E-state index contributed by atoms with van der Waals surface area (Å²) in [6.45, 7) is 5.49. The minimum atomic E-state index is -2.41. The van der Waals surface area contributed by atoms with Crippen molar-refractivity contribution >= 4 is 0 Å². The highest BCUT2D eigenvalue weighted by Gasteiger charge is 2.39. The van der Waals surface area contributed by atoms with E-state index in [9.17, 15) is 8.78 Å². The molecule has 2 heteroatoms. The second-order valence-corrected chi connectivity index (χ2v) is 3.14. The summed E-state index contributed by atoms with van der Waals surface area (Å²) in [5, 5.41) is 0. The minimum Gasteiger partial charge on any atom is -0.207 e. The number of hydrogen-bond acceptors (Lipinski definition) is 0. The molecule has 1 saturated carbocycles. The van der Waals surface area contributed by atoms with Crippen molar-refractivity contribution in [2.24, 2.45) is 5.92 Å². The first kappa shape index (κ1) is 7.70. The molecule has 0 spiro atoms. The fourth-order valence-corrected chi connectivity index (χ4v) is 1.37. The summed E-state index contributed by atoms with van der Waals surface area (Å²) >= 11 is 0. The standard InChI is InChI=1S/C8H12F2/c1-6(2)7-3-4-8(9,10)5-7/h7H,1,3-5H2,2H3. The SMILES string of the molecule is C=C(C)C1CCC(F)(F)C1. The molecule has 0 N–H and O–H groups in total. The lowest BCUT2D eigenvalue weighted by Gasteiger charge is -2.08. The van der Waals surface area contributed by atoms with Crippen molar-refractivity contribution in [2.75, 3.05) is 0 Å². The van der Waals surface area contributed by atoms with Gasteiger partial charge in [-0.05, 0) is 19.3 Å². The second kappa shape index (κ2) is 2.33. The molecule has 0 amide bonds. The molecule has 1 fully saturated rings. The number of allylic oxidation sites excluding steroid dienone is 1. The fraction of sp³-hybridized carbons (Fsp3) is 0.750. The van der Waals surface area contributed by atoms with Crippen molar-refractivity contribution in [1.29, 1.82) is 0 Å². The van der Waals surface area contributed by atoms with Gasteiger partial charge in [0.05, 0.1) is 0 Å². The van der Waals surface area contributed by atoms with Crippen LogP contribution >= 0.6 is 0 Å². The highest BCUT2D eigenvalue weighted by Crippen LogP contribution is 2.41. The Bertz CT molecular complexity index is 149. The first-order valence-electron chi connectivity index (χ1n) is 3.54. The Hall–Kier alpha value is -0.400. The molecular weight excluding hydrogens is 134 g/mol. The molecule has 0 heterocycles. The molecule has 0 aromatic heterocycles. The second-order valence-electron chi connectivity index (χ2n) is 3.14. The zero-order chi connectivity index (χ0) is 7.78. The van der Waals surface area contributed by atoms with Gasteiger partial charge < -0.3 is 0 Å². The largest absolute Gasteiger partial charge is 0.248 e. The van der Waals surface area contributed by atoms with E-state index in [0.717, 1.165) is 5.57 Å². The molecule has 1 unspecified atom stereocenters. The lowest BCUT2D eigenvalue weighted by molar-refractivity contribution is 0.00639. The molecule has 1 rings (SSSR count). The lowest BCUT2D eigenvalue weighted by atomic mass is 10.0. The maximum absolute atomic E-state index is 12.5. The van der Waals surface area contributed by atoms with E-state index in [1.165, 1.54) is 0 Å². The summed E-state index contributed by atoms with van der Waals surface area (Å²) in [7, 11) is 0. The average Bonchev–Trinajstić information content (AvgIpc) is 2.10. The van der Waals surface area contributed by atoms with Gasteiger partial charge in [0, 0.05) is 12.8 Å². The Kier molecular flexibility index (Phi) is 1.80. The third-order valence-corrected chi connectivity index (χ3v) is 2.10. The first-order chi connectivity index (χ1) is 4.51. The zero-order valence-corrected chi connectivity index (χ0v) is 6.16. The predicted octanol–water partition coefficient (Wildman–Crippen LogP) is 3.00. The maximum atomic E-state index is 12.5. The van der Waals surface area contributed by atoms with Crippen molar-refractivity contribution in [2.45, 2.75) is 32.1 Å². The van der Waals surface area contributed by atoms with Crippen molar-refractivity contribution in [3.05, 3.63) is 12.2 Å². The van der Waals surface area contributed by atoms with E-state index >= 15 is 0 Å². The van der Waals surface area contributed by atoms with Crippen molar-refractivity contribution < 1.29 is 8.78 Å². The fourth-order valence-electron chi connectivity index (χ4n) is 1.37. The van der Waals surface area contributed by atoms with Crippen LogP contribution in [0.4, 0.5) is 8.78 Å². The predicted molar refractivity (Wildman–Crippen MR) is 37.1 cm³/mol. The molecule has 1 aliphatic carbocycles. The molecule has 58 valence electrons. The Balaban J connectivity index is 2.51. The van der Waals surface area contributed by atoms with Gasteiger partial charge >= 0.3 is 0 Å². The summed E-state index contributed by atoms with van der Waals surface area (Å²) in [5.41, 5.74) is 0.900. The van der Waals surface area contributed by atoms with Gasteiger partial charge in [-0.15, -0.1) is 0 Å². The molecule has 0 aliphatic heterocycles. The van der Waals surface area contributed by atoms with Crippen LogP contribution in [0.3, 0.4) is 0 Å². The van der Waals surface area contributed by atoms with Gasteiger partial charge in [0.25, 0.3) is 0 Å². The number of alkyl halides is 2. The van der Waals surface area contributed by atoms with Gasteiger partial charge in [-0.1, -0.05) is 12.2 Å². The quantitative estimate of drug-likeness (QED) is 0.499. The van der Waals surface area contributed by atoms with E-state index in [1.807, 2.05) is 6.92 Å². The number of halogens is 2. The van der Waals surface area contributed by atoms with Crippen LogP contribution in [-0.2, 0) is 0 Å². The van der Waals surface area contributed by atoms with Crippen LogP contribution in [-0.4, -0.2) is 5.92 Å². The van der Waals surface area contributed by atoms with Crippen LogP contribution in [0.5, 0.6) is 0 Å². The Labute approximate surface area is 59.9 Å². The van der Waals surface area contributed by atoms with Crippen LogP contribution in [0.25, 0.3) is 0 Å². The lowest BCUT2D eigenvalue weighted by Crippen LogP contribution is -2.09. The van der Waals surface area contributed by atoms with Crippen LogP contribution < -0.4 is 0 Å². The average molecular weight is 146 g/mol. The molecular formula is C8H12F2. The van der Waals surface area contributed by atoms with Crippen molar-refractivity contribution in [3.8, 4) is 0 Å². The molecule has 0 aromatic rings. The van der Waals surface area contributed by atoms with Crippen LogP contribution in [0.1, 0.15) is 26.2 Å². The summed E-state index contributed by atoms with van der Waals surface area (Å²) in [6, 6.07) is 0. The smallest absolute Gasteiger partial charge is 0.207 e. The monoisotopic (exact) mass is 146 g/mol.